The Hall–Kier alpha value is -1.68. The number of hydrogen-bond donors (Lipinski definition) is 1. The zero-order valence-corrected chi connectivity index (χ0v) is 9.29. The van der Waals surface area contributed by atoms with Gasteiger partial charge in [-0.15, -0.1) is 0 Å². The number of rotatable bonds is 2. The maximum Gasteiger partial charge on any atom is 0.167 e. The van der Waals surface area contributed by atoms with Crippen molar-refractivity contribution in [2.24, 2.45) is 0 Å². The molecule has 16 heavy (non-hydrogen) atoms. The Kier molecular flexibility index (Phi) is 3.01. The van der Waals surface area contributed by atoms with Gasteiger partial charge in [0.2, 0.25) is 0 Å². The SMILES string of the molecule is Cc1ccc(Nc2ncc(Cl)cc2F)cn1. The van der Waals surface area contributed by atoms with Crippen LogP contribution >= 0.6 is 11.6 Å². The first-order valence-electron chi connectivity index (χ1n) is 4.66. The van der Waals surface area contributed by atoms with Crippen molar-refractivity contribution < 1.29 is 4.39 Å². The summed E-state index contributed by atoms with van der Waals surface area (Å²) in [6.07, 6.45) is 3.00. The van der Waals surface area contributed by atoms with Crippen LogP contribution in [0, 0.1) is 12.7 Å². The van der Waals surface area contributed by atoms with Crippen LogP contribution in [0.4, 0.5) is 15.9 Å². The molecular weight excluding hydrogens is 229 g/mol. The van der Waals surface area contributed by atoms with E-state index in [1.54, 1.807) is 12.3 Å². The Labute approximate surface area is 97.3 Å². The van der Waals surface area contributed by atoms with E-state index < -0.39 is 5.82 Å². The Balaban J connectivity index is 2.23. The molecule has 0 amide bonds. The Morgan fingerprint density at radius 3 is 2.69 bits per heavy atom. The van der Waals surface area contributed by atoms with Crippen LogP contribution in [0.15, 0.2) is 30.6 Å². The van der Waals surface area contributed by atoms with Crippen LogP contribution in [0.5, 0.6) is 0 Å². The first kappa shape index (κ1) is 10.8. The number of aryl methyl sites for hydroxylation is 1. The summed E-state index contributed by atoms with van der Waals surface area (Å²) in [7, 11) is 0. The molecule has 3 nitrogen and oxygen atoms in total. The quantitative estimate of drug-likeness (QED) is 0.871. The van der Waals surface area contributed by atoms with Crippen molar-refractivity contribution in [3.63, 3.8) is 0 Å². The summed E-state index contributed by atoms with van der Waals surface area (Å²) < 4.78 is 13.4. The highest BCUT2D eigenvalue weighted by atomic mass is 35.5. The molecule has 2 rings (SSSR count). The molecule has 2 heterocycles. The summed E-state index contributed by atoms with van der Waals surface area (Å²) in [5.41, 5.74) is 1.58. The van der Waals surface area contributed by atoms with Crippen LogP contribution in [0.3, 0.4) is 0 Å². The standard InChI is InChI=1S/C11H9ClFN3/c1-7-2-3-9(6-14-7)16-11-10(13)4-8(12)5-15-11/h2-6H,1H3,(H,15,16). The lowest BCUT2D eigenvalue weighted by atomic mass is 10.3. The average molecular weight is 238 g/mol. The highest BCUT2D eigenvalue weighted by Crippen LogP contribution is 2.19. The van der Waals surface area contributed by atoms with Gasteiger partial charge in [0, 0.05) is 11.9 Å². The van der Waals surface area contributed by atoms with E-state index in [1.807, 2.05) is 13.0 Å². The van der Waals surface area contributed by atoms with Gasteiger partial charge in [0.1, 0.15) is 0 Å². The van der Waals surface area contributed by atoms with Crippen molar-refractivity contribution in [2.45, 2.75) is 6.92 Å². The maximum absolute atomic E-state index is 13.4. The monoisotopic (exact) mass is 237 g/mol. The smallest absolute Gasteiger partial charge is 0.167 e. The van der Waals surface area contributed by atoms with E-state index in [4.69, 9.17) is 11.6 Å². The molecule has 2 aromatic heterocycles. The van der Waals surface area contributed by atoms with Gasteiger partial charge in [-0.3, -0.25) is 4.98 Å². The largest absolute Gasteiger partial charge is 0.337 e. The van der Waals surface area contributed by atoms with Crippen molar-refractivity contribution in [3.8, 4) is 0 Å². The van der Waals surface area contributed by atoms with Crippen LogP contribution in [0.2, 0.25) is 5.02 Å². The minimum absolute atomic E-state index is 0.134. The summed E-state index contributed by atoms with van der Waals surface area (Å²) in [6.45, 7) is 1.88. The van der Waals surface area contributed by atoms with Crippen molar-refractivity contribution in [1.82, 2.24) is 9.97 Å². The Bertz CT molecular complexity index is 499. The topological polar surface area (TPSA) is 37.8 Å². The molecule has 1 N–H and O–H groups in total. The zero-order chi connectivity index (χ0) is 11.5. The third kappa shape index (κ3) is 2.46. The lowest BCUT2D eigenvalue weighted by molar-refractivity contribution is 0.626. The number of hydrogen-bond acceptors (Lipinski definition) is 3. The Morgan fingerprint density at radius 1 is 1.25 bits per heavy atom. The molecule has 0 aromatic carbocycles. The van der Waals surface area contributed by atoms with Gasteiger partial charge in [0.15, 0.2) is 11.6 Å². The van der Waals surface area contributed by atoms with Crippen LogP contribution in [0.25, 0.3) is 0 Å². The predicted molar refractivity (Wildman–Crippen MR) is 61.5 cm³/mol. The third-order valence-electron chi connectivity index (χ3n) is 1.98. The summed E-state index contributed by atoms with van der Waals surface area (Å²) in [5, 5.41) is 3.09. The van der Waals surface area contributed by atoms with Gasteiger partial charge >= 0.3 is 0 Å². The molecule has 0 bridgehead atoms. The van der Waals surface area contributed by atoms with Gasteiger partial charge in [0.05, 0.1) is 16.9 Å². The minimum atomic E-state index is -0.493. The lowest BCUT2D eigenvalue weighted by Gasteiger charge is -2.06. The molecule has 0 saturated carbocycles. The first-order chi connectivity index (χ1) is 7.65. The normalized spacial score (nSPS) is 10.2. The van der Waals surface area contributed by atoms with Crippen LogP contribution in [-0.2, 0) is 0 Å². The van der Waals surface area contributed by atoms with Crippen LogP contribution in [-0.4, -0.2) is 9.97 Å². The highest BCUT2D eigenvalue weighted by Gasteiger charge is 2.04. The van der Waals surface area contributed by atoms with Crippen molar-refractivity contribution in [1.29, 1.82) is 0 Å². The zero-order valence-electron chi connectivity index (χ0n) is 8.54. The second kappa shape index (κ2) is 4.45. The minimum Gasteiger partial charge on any atom is -0.337 e. The summed E-state index contributed by atoms with van der Waals surface area (Å²) >= 11 is 5.60. The van der Waals surface area contributed by atoms with Crippen molar-refractivity contribution in [2.75, 3.05) is 5.32 Å². The predicted octanol–water partition coefficient (Wildman–Crippen LogP) is 3.32. The summed E-state index contributed by atoms with van der Waals surface area (Å²) in [5.74, 6) is -0.358. The highest BCUT2D eigenvalue weighted by molar-refractivity contribution is 6.30. The molecule has 0 aliphatic carbocycles. The van der Waals surface area contributed by atoms with Crippen molar-refractivity contribution in [3.05, 3.63) is 47.1 Å². The van der Waals surface area contributed by atoms with Gasteiger partial charge in [-0.2, -0.15) is 0 Å². The fourth-order valence-corrected chi connectivity index (χ4v) is 1.33. The molecule has 0 fully saturated rings. The molecule has 0 radical (unpaired) electrons. The molecule has 0 saturated heterocycles. The van der Waals surface area contributed by atoms with Gasteiger partial charge < -0.3 is 5.32 Å². The van der Waals surface area contributed by atoms with Gasteiger partial charge in [-0.25, -0.2) is 9.37 Å². The molecule has 0 atom stereocenters. The number of nitrogens with one attached hydrogen (secondary N) is 1. The number of anilines is 2. The fraction of sp³-hybridized carbons (Fsp3) is 0.0909. The van der Waals surface area contributed by atoms with Crippen molar-refractivity contribution >= 4 is 23.1 Å². The van der Waals surface area contributed by atoms with Gasteiger partial charge in [-0.1, -0.05) is 11.6 Å². The number of pyridine rings is 2. The number of halogens is 2. The second-order valence-corrected chi connectivity index (χ2v) is 3.73. The molecular formula is C11H9ClFN3. The van der Waals surface area contributed by atoms with Gasteiger partial charge in [-0.05, 0) is 25.1 Å². The van der Waals surface area contributed by atoms with E-state index in [0.717, 1.165) is 5.69 Å². The third-order valence-corrected chi connectivity index (χ3v) is 2.19. The summed E-state index contributed by atoms with van der Waals surface area (Å²) in [6, 6.07) is 4.84. The maximum atomic E-state index is 13.4. The van der Waals surface area contributed by atoms with Crippen LogP contribution in [0.1, 0.15) is 5.69 Å². The van der Waals surface area contributed by atoms with E-state index in [0.29, 0.717) is 5.69 Å². The molecule has 0 unspecified atom stereocenters. The Morgan fingerprint density at radius 2 is 2.06 bits per heavy atom. The lowest BCUT2D eigenvalue weighted by Crippen LogP contribution is -1.97. The second-order valence-electron chi connectivity index (χ2n) is 3.30. The molecule has 82 valence electrons. The van der Waals surface area contributed by atoms with E-state index in [9.17, 15) is 4.39 Å². The molecule has 0 spiro atoms. The van der Waals surface area contributed by atoms with Gasteiger partial charge in [0.25, 0.3) is 0 Å². The molecule has 2 aromatic rings. The fourth-order valence-electron chi connectivity index (χ4n) is 1.19. The first-order valence-corrected chi connectivity index (χ1v) is 5.03. The molecule has 0 aliphatic heterocycles. The average Bonchev–Trinajstić information content (AvgIpc) is 2.25. The molecule has 0 aliphatic rings. The van der Waals surface area contributed by atoms with E-state index in [2.05, 4.69) is 15.3 Å². The summed E-state index contributed by atoms with van der Waals surface area (Å²) in [4.78, 5) is 7.93. The number of aromatic nitrogens is 2. The van der Waals surface area contributed by atoms with Crippen LogP contribution < -0.4 is 5.32 Å². The molecule has 5 heteroatoms. The number of nitrogens with zero attached hydrogens (tertiary/aromatic N) is 2. The van der Waals surface area contributed by atoms with E-state index in [1.165, 1.54) is 12.3 Å². The van der Waals surface area contributed by atoms with E-state index >= 15 is 0 Å². The van der Waals surface area contributed by atoms with E-state index in [-0.39, 0.29) is 10.8 Å².